The van der Waals surface area contributed by atoms with Gasteiger partial charge in [-0.15, -0.1) is 0 Å². The van der Waals surface area contributed by atoms with Crippen LogP contribution in [0.3, 0.4) is 0 Å². The van der Waals surface area contributed by atoms with Gasteiger partial charge < -0.3 is 10.1 Å². The third-order valence-electron chi connectivity index (χ3n) is 3.60. The van der Waals surface area contributed by atoms with Crippen molar-refractivity contribution in [3.8, 4) is 0 Å². The molecule has 0 unspecified atom stereocenters. The summed E-state index contributed by atoms with van der Waals surface area (Å²) in [5, 5.41) is 3.12. The van der Waals surface area contributed by atoms with Gasteiger partial charge in [0.15, 0.2) is 0 Å². The van der Waals surface area contributed by atoms with Gasteiger partial charge in [-0.25, -0.2) is 4.98 Å². The molecule has 0 aliphatic rings. The Morgan fingerprint density at radius 2 is 1.91 bits per heavy atom. The molecule has 6 heteroatoms. The second-order valence-electron chi connectivity index (χ2n) is 5.30. The molecule has 0 atom stereocenters. The fraction of sp³-hybridized carbons (Fsp3) is 0.412. The van der Waals surface area contributed by atoms with Gasteiger partial charge in [-0.1, -0.05) is 26.0 Å². The van der Waals surface area contributed by atoms with Gasteiger partial charge in [-0.05, 0) is 30.8 Å². The van der Waals surface area contributed by atoms with Gasteiger partial charge in [-0.3, -0.25) is 14.7 Å². The van der Waals surface area contributed by atoms with E-state index in [9.17, 15) is 4.79 Å². The van der Waals surface area contributed by atoms with Crippen molar-refractivity contribution < 1.29 is 4.74 Å². The summed E-state index contributed by atoms with van der Waals surface area (Å²) in [6, 6.07) is 9.57. The molecule has 0 saturated heterocycles. The number of benzene rings is 1. The van der Waals surface area contributed by atoms with E-state index in [1.165, 1.54) is 11.6 Å². The predicted molar refractivity (Wildman–Crippen MR) is 91.9 cm³/mol. The number of anilines is 2. The normalized spacial score (nSPS) is 11.0. The average molecular weight is 316 g/mol. The van der Waals surface area contributed by atoms with E-state index in [4.69, 9.17) is 4.74 Å². The first-order chi connectivity index (χ1) is 11.1. The first kappa shape index (κ1) is 17.2. The SMILES string of the molecule is CCN(CC)Cc1ccc(Nc2nc(COC)cc(=O)[nH]2)cc1. The van der Waals surface area contributed by atoms with Crippen LogP contribution in [-0.4, -0.2) is 35.1 Å². The molecule has 23 heavy (non-hydrogen) atoms. The molecule has 0 aliphatic heterocycles. The maximum atomic E-state index is 11.6. The lowest BCUT2D eigenvalue weighted by Crippen LogP contribution is -2.22. The van der Waals surface area contributed by atoms with Crippen molar-refractivity contribution >= 4 is 11.6 Å². The quantitative estimate of drug-likeness (QED) is 0.783. The van der Waals surface area contributed by atoms with Crippen molar-refractivity contribution in [1.82, 2.24) is 14.9 Å². The number of hydrogen-bond donors (Lipinski definition) is 2. The number of rotatable bonds is 8. The van der Waals surface area contributed by atoms with Crippen LogP contribution in [0.2, 0.25) is 0 Å². The second kappa shape index (κ2) is 8.45. The largest absolute Gasteiger partial charge is 0.378 e. The van der Waals surface area contributed by atoms with E-state index in [-0.39, 0.29) is 5.56 Å². The van der Waals surface area contributed by atoms with Crippen molar-refractivity contribution in [3.63, 3.8) is 0 Å². The molecule has 1 heterocycles. The van der Waals surface area contributed by atoms with Crippen molar-refractivity contribution in [2.45, 2.75) is 27.0 Å². The maximum Gasteiger partial charge on any atom is 0.252 e. The minimum absolute atomic E-state index is 0.201. The highest BCUT2D eigenvalue weighted by molar-refractivity contribution is 5.53. The molecule has 6 nitrogen and oxygen atoms in total. The highest BCUT2D eigenvalue weighted by Crippen LogP contribution is 2.14. The van der Waals surface area contributed by atoms with Crippen LogP contribution in [0.1, 0.15) is 25.1 Å². The standard InChI is InChI=1S/C17H24N4O2/c1-4-21(5-2)11-13-6-8-14(9-7-13)18-17-19-15(12-23-3)10-16(22)20-17/h6-10H,4-5,11-12H2,1-3H3,(H2,18,19,20,22). The molecule has 2 N–H and O–H groups in total. The second-order valence-corrected chi connectivity index (χ2v) is 5.30. The van der Waals surface area contributed by atoms with Gasteiger partial charge in [0.2, 0.25) is 5.95 Å². The lowest BCUT2D eigenvalue weighted by molar-refractivity contribution is 0.181. The van der Waals surface area contributed by atoms with Crippen LogP contribution < -0.4 is 10.9 Å². The van der Waals surface area contributed by atoms with Crippen LogP contribution in [0.5, 0.6) is 0 Å². The van der Waals surface area contributed by atoms with E-state index in [0.29, 0.717) is 18.2 Å². The van der Waals surface area contributed by atoms with Gasteiger partial charge in [0.05, 0.1) is 12.3 Å². The molecule has 0 fully saturated rings. The Morgan fingerprint density at radius 1 is 1.22 bits per heavy atom. The van der Waals surface area contributed by atoms with Gasteiger partial charge >= 0.3 is 0 Å². The summed E-state index contributed by atoms with van der Waals surface area (Å²) in [5.41, 5.74) is 2.53. The highest BCUT2D eigenvalue weighted by Gasteiger charge is 2.04. The number of methoxy groups -OCH3 is 1. The third-order valence-corrected chi connectivity index (χ3v) is 3.60. The summed E-state index contributed by atoms with van der Waals surface area (Å²) < 4.78 is 5.01. The highest BCUT2D eigenvalue weighted by atomic mass is 16.5. The van der Waals surface area contributed by atoms with Gasteiger partial charge in [0, 0.05) is 25.4 Å². The Hall–Kier alpha value is -2.18. The van der Waals surface area contributed by atoms with E-state index < -0.39 is 0 Å². The molecule has 0 spiro atoms. The molecule has 0 aliphatic carbocycles. The molecule has 1 aromatic carbocycles. The van der Waals surface area contributed by atoms with Crippen molar-refractivity contribution in [2.75, 3.05) is 25.5 Å². The molecule has 0 bridgehead atoms. The predicted octanol–water partition coefficient (Wildman–Crippen LogP) is 2.50. The first-order valence-electron chi connectivity index (χ1n) is 7.82. The zero-order chi connectivity index (χ0) is 16.7. The van der Waals surface area contributed by atoms with E-state index >= 15 is 0 Å². The molecule has 2 aromatic rings. The van der Waals surface area contributed by atoms with E-state index in [0.717, 1.165) is 25.3 Å². The Morgan fingerprint density at radius 3 is 2.52 bits per heavy atom. The van der Waals surface area contributed by atoms with Crippen LogP contribution in [0.4, 0.5) is 11.6 Å². The summed E-state index contributed by atoms with van der Waals surface area (Å²) in [4.78, 5) is 21.0. The topological polar surface area (TPSA) is 70.2 Å². The summed E-state index contributed by atoms with van der Waals surface area (Å²) in [7, 11) is 1.57. The van der Waals surface area contributed by atoms with E-state index in [1.807, 2.05) is 12.1 Å². The zero-order valence-corrected chi connectivity index (χ0v) is 13.9. The van der Waals surface area contributed by atoms with Crippen molar-refractivity contribution in [1.29, 1.82) is 0 Å². The number of aromatic amines is 1. The number of aromatic nitrogens is 2. The number of nitrogens with zero attached hydrogens (tertiary/aromatic N) is 2. The number of nitrogens with one attached hydrogen (secondary N) is 2. The monoisotopic (exact) mass is 316 g/mol. The lowest BCUT2D eigenvalue weighted by atomic mass is 10.2. The van der Waals surface area contributed by atoms with Gasteiger partial charge in [0.1, 0.15) is 0 Å². The molecule has 124 valence electrons. The lowest BCUT2D eigenvalue weighted by Gasteiger charge is -2.18. The molecule has 1 aromatic heterocycles. The van der Waals surface area contributed by atoms with Gasteiger partial charge in [0.25, 0.3) is 5.56 Å². The maximum absolute atomic E-state index is 11.6. The zero-order valence-electron chi connectivity index (χ0n) is 13.9. The summed E-state index contributed by atoms with van der Waals surface area (Å²) in [5.74, 6) is 0.418. The third kappa shape index (κ3) is 5.19. The minimum atomic E-state index is -0.201. The van der Waals surface area contributed by atoms with Crippen LogP contribution in [0.25, 0.3) is 0 Å². The van der Waals surface area contributed by atoms with Gasteiger partial charge in [-0.2, -0.15) is 0 Å². The number of hydrogen-bond acceptors (Lipinski definition) is 5. The van der Waals surface area contributed by atoms with Crippen LogP contribution in [0.15, 0.2) is 35.1 Å². The van der Waals surface area contributed by atoms with Crippen molar-refractivity contribution in [3.05, 3.63) is 51.9 Å². The molecular formula is C17H24N4O2. The van der Waals surface area contributed by atoms with Crippen molar-refractivity contribution in [2.24, 2.45) is 0 Å². The fourth-order valence-corrected chi connectivity index (χ4v) is 2.32. The van der Waals surface area contributed by atoms with E-state index in [1.54, 1.807) is 7.11 Å². The Bertz CT molecular complexity index is 663. The summed E-state index contributed by atoms with van der Waals surface area (Å²) in [6.45, 7) is 7.64. The summed E-state index contributed by atoms with van der Waals surface area (Å²) in [6.07, 6.45) is 0. The smallest absolute Gasteiger partial charge is 0.252 e. The first-order valence-corrected chi connectivity index (χ1v) is 7.82. The summed E-state index contributed by atoms with van der Waals surface area (Å²) >= 11 is 0. The molecule has 0 saturated carbocycles. The Labute approximate surface area is 136 Å². The molecular weight excluding hydrogens is 292 g/mol. The minimum Gasteiger partial charge on any atom is -0.378 e. The number of ether oxygens (including phenoxy) is 1. The van der Waals surface area contributed by atoms with Crippen LogP contribution >= 0.6 is 0 Å². The molecule has 0 amide bonds. The van der Waals surface area contributed by atoms with Crippen LogP contribution in [0, 0.1) is 0 Å². The Kier molecular flexibility index (Phi) is 6.31. The number of H-pyrrole nitrogens is 1. The molecule has 2 rings (SSSR count). The van der Waals surface area contributed by atoms with E-state index in [2.05, 4.69) is 46.2 Å². The molecule has 0 radical (unpaired) electrons. The van der Waals surface area contributed by atoms with Crippen LogP contribution in [-0.2, 0) is 17.9 Å². The fourth-order valence-electron chi connectivity index (χ4n) is 2.32. The Balaban J connectivity index is 2.07. The average Bonchev–Trinajstić information content (AvgIpc) is 2.54.